The third-order valence-corrected chi connectivity index (χ3v) is 2.52. The summed E-state index contributed by atoms with van der Waals surface area (Å²) in [7, 11) is 0. The molecule has 0 spiro atoms. The number of aliphatic hydroxyl groups is 1. The maximum atomic E-state index is 13.5. The molecule has 3 atom stereocenters. The summed E-state index contributed by atoms with van der Waals surface area (Å²) in [6.45, 7) is 2.85. The molecule has 1 aromatic rings. The molecule has 0 amide bonds. The first-order valence-corrected chi connectivity index (χ1v) is 5.34. The van der Waals surface area contributed by atoms with E-state index in [1.165, 1.54) is 19.9 Å². The molecule has 2 N–H and O–H groups in total. The molecule has 0 aromatic heterocycles. The van der Waals surface area contributed by atoms with Crippen LogP contribution in [0.2, 0.25) is 0 Å². The molecule has 0 fully saturated rings. The van der Waals surface area contributed by atoms with Crippen LogP contribution < -0.4 is 0 Å². The van der Waals surface area contributed by atoms with Crippen molar-refractivity contribution in [2.24, 2.45) is 0 Å². The van der Waals surface area contributed by atoms with Gasteiger partial charge in [-0.1, -0.05) is 12.1 Å². The van der Waals surface area contributed by atoms with Crippen molar-refractivity contribution in [1.29, 1.82) is 0 Å². The summed E-state index contributed by atoms with van der Waals surface area (Å²) in [5.74, 6) is -3.86. The fourth-order valence-corrected chi connectivity index (χ4v) is 1.32. The van der Waals surface area contributed by atoms with Crippen LogP contribution in [0, 0.1) is 11.6 Å². The lowest BCUT2D eigenvalue weighted by Gasteiger charge is -2.21. The first-order chi connectivity index (χ1) is 8.34. The Kier molecular flexibility index (Phi) is 4.75. The number of aliphatic carboxylic acids is 1. The second-order valence-corrected chi connectivity index (χ2v) is 3.94. The Balaban J connectivity index is 3.05. The molecule has 0 saturated heterocycles. The third kappa shape index (κ3) is 3.24. The number of hydrogen-bond acceptors (Lipinski definition) is 3. The van der Waals surface area contributed by atoms with E-state index in [-0.39, 0.29) is 0 Å². The van der Waals surface area contributed by atoms with Crippen LogP contribution in [-0.2, 0) is 9.53 Å². The lowest BCUT2D eigenvalue weighted by molar-refractivity contribution is -0.158. The van der Waals surface area contributed by atoms with E-state index < -0.39 is 41.5 Å². The van der Waals surface area contributed by atoms with Crippen molar-refractivity contribution >= 4 is 5.97 Å². The van der Waals surface area contributed by atoms with Gasteiger partial charge in [0.05, 0.1) is 12.2 Å². The minimum atomic E-state index is -1.66. The number of rotatable bonds is 5. The molecule has 6 heteroatoms. The lowest BCUT2D eigenvalue weighted by Crippen LogP contribution is -2.28. The molecule has 0 bridgehead atoms. The van der Waals surface area contributed by atoms with E-state index in [1.807, 2.05) is 0 Å². The highest BCUT2D eigenvalue weighted by molar-refractivity contribution is 5.74. The van der Waals surface area contributed by atoms with Gasteiger partial charge in [0.25, 0.3) is 0 Å². The topological polar surface area (TPSA) is 66.8 Å². The monoisotopic (exact) mass is 260 g/mol. The fraction of sp³-hybridized carbons (Fsp3) is 0.417. The molecule has 0 aliphatic heterocycles. The van der Waals surface area contributed by atoms with Gasteiger partial charge in [-0.2, -0.15) is 0 Å². The van der Waals surface area contributed by atoms with E-state index in [0.29, 0.717) is 0 Å². The first-order valence-electron chi connectivity index (χ1n) is 5.34. The predicted molar refractivity (Wildman–Crippen MR) is 59.0 cm³/mol. The number of hydrogen-bond donors (Lipinski definition) is 2. The average molecular weight is 260 g/mol. The van der Waals surface area contributed by atoms with E-state index in [1.54, 1.807) is 0 Å². The standard InChI is InChI=1S/C12H14F2O4/c1-6(15)7(2)18-11(12(16)17)8-4-3-5-9(13)10(8)14/h3-7,11,15H,1-2H3,(H,16,17). The highest BCUT2D eigenvalue weighted by atomic mass is 19.2. The largest absolute Gasteiger partial charge is 0.479 e. The molecule has 0 aliphatic rings. The maximum Gasteiger partial charge on any atom is 0.337 e. The summed E-state index contributed by atoms with van der Waals surface area (Å²) in [4.78, 5) is 11.0. The number of halogens is 2. The van der Waals surface area contributed by atoms with Gasteiger partial charge < -0.3 is 14.9 Å². The molecule has 1 rings (SSSR count). The number of carboxylic acids is 1. The Hall–Kier alpha value is -1.53. The summed E-state index contributed by atoms with van der Waals surface area (Å²) in [5, 5.41) is 18.2. The Morgan fingerprint density at radius 3 is 2.44 bits per heavy atom. The molecule has 1 aromatic carbocycles. The normalized spacial score (nSPS) is 16.1. The summed E-state index contributed by atoms with van der Waals surface area (Å²) >= 11 is 0. The lowest BCUT2D eigenvalue weighted by atomic mass is 10.1. The number of aliphatic hydroxyl groups excluding tert-OH is 1. The summed E-state index contributed by atoms with van der Waals surface area (Å²) < 4.78 is 31.5. The second kappa shape index (κ2) is 5.88. The van der Waals surface area contributed by atoms with Crippen molar-refractivity contribution in [3.8, 4) is 0 Å². The van der Waals surface area contributed by atoms with Gasteiger partial charge in [0.15, 0.2) is 17.7 Å². The number of carbonyl (C=O) groups is 1. The zero-order valence-corrected chi connectivity index (χ0v) is 9.93. The number of carboxylic acid groups (broad SMARTS) is 1. The van der Waals surface area contributed by atoms with Gasteiger partial charge in [-0.05, 0) is 19.9 Å². The van der Waals surface area contributed by atoms with Crippen LogP contribution in [-0.4, -0.2) is 28.4 Å². The van der Waals surface area contributed by atoms with E-state index >= 15 is 0 Å². The first kappa shape index (κ1) is 14.5. The summed E-state index contributed by atoms with van der Waals surface area (Å²) in [6, 6.07) is 3.21. The van der Waals surface area contributed by atoms with Crippen molar-refractivity contribution in [3.05, 3.63) is 35.4 Å². The quantitative estimate of drug-likeness (QED) is 0.848. The van der Waals surface area contributed by atoms with Crippen molar-refractivity contribution in [3.63, 3.8) is 0 Å². The molecule has 100 valence electrons. The predicted octanol–water partition coefficient (Wildman–Crippen LogP) is 1.88. The highest BCUT2D eigenvalue weighted by Gasteiger charge is 2.28. The molecular formula is C12H14F2O4. The van der Waals surface area contributed by atoms with Gasteiger partial charge in [-0.15, -0.1) is 0 Å². The molecule has 0 heterocycles. The Bertz CT molecular complexity index is 434. The number of benzene rings is 1. The van der Waals surface area contributed by atoms with E-state index in [9.17, 15) is 18.7 Å². The van der Waals surface area contributed by atoms with E-state index in [4.69, 9.17) is 9.84 Å². The van der Waals surface area contributed by atoms with Crippen molar-refractivity contribution in [1.82, 2.24) is 0 Å². The van der Waals surface area contributed by atoms with Crippen LogP contribution in [0.5, 0.6) is 0 Å². The molecule has 3 unspecified atom stereocenters. The Morgan fingerprint density at radius 2 is 1.94 bits per heavy atom. The van der Waals surface area contributed by atoms with Crippen LogP contribution in [0.1, 0.15) is 25.5 Å². The van der Waals surface area contributed by atoms with Crippen molar-refractivity contribution in [2.45, 2.75) is 32.2 Å². The van der Waals surface area contributed by atoms with Crippen LogP contribution in [0.4, 0.5) is 8.78 Å². The van der Waals surface area contributed by atoms with E-state index in [0.717, 1.165) is 12.1 Å². The van der Waals surface area contributed by atoms with Gasteiger partial charge in [-0.25, -0.2) is 13.6 Å². The third-order valence-electron chi connectivity index (χ3n) is 2.52. The molecule has 18 heavy (non-hydrogen) atoms. The van der Waals surface area contributed by atoms with Crippen LogP contribution in [0.3, 0.4) is 0 Å². The molecule has 0 radical (unpaired) electrons. The number of ether oxygens (including phenoxy) is 1. The average Bonchev–Trinajstić information content (AvgIpc) is 2.29. The Morgan fingerprint density at radius 1 is 1.33 bits per heavy atom. The molecule has 4 nitrogen and oxygen atoms in total. The summed E-state index contributed by atoms with van der Waals surface area (Å²) in [6.07, 6.45) is -3.41. The van der Waals surface area contributed by atoms with Crippen molar-refractivity contribution < 1.29 is 28.5 Å². The van der Waals surface area contributed by atoms with Gasteiger partial charge >= 0.3 is 5.97 Å². The Labute approximate surface area is 103 Å². The van der Waals surface area contributed by atoms with Crippen LogP contribution in [0.15, 0.2) is 18.2 Å². The van der Waals surface area contributed by atoms with Gasteiger partial charge in [0, 0.05) is 5.56 Å². The zero-order chi connectivity index (χ0) is 13.9. The highest BCUT2D eigenvalue weighted by Crippen LogP contribution is 2.24. The zero-order valence-electron chi connectivity index (χ0n) is 9.93. The maximum absolute atomic E-state index is 13.5. The second-order valence-electron chi connectivity index (χ2n) is 3.94. The van der Waals surface area contributed by atoms with Gasteiger partial charge in [-0.3, -0.25) is 0 Å². The summed E-state index contributed by atoms with van der Waals surface area (Å²) in [5.41, 5.74) is -0.407. The molecular weight excluding hydrogens is 246 g/mol. The van der Waals surface area contributed by atoms with Crippen LogP contribution >= 0.6 is 0 Å². The molecule has 0 aliphatic carbocycles. The molecule has 0 saturated carbocycles. The van der Waals surface area contributed by atoms with Gasteiger partial charge in [0.2, 0.25) is 0 Å². The fourth-order valence-electron chi connectivity index (χ4n) is 1.32. The smallest absolute Gasteiger partial charge is 0.337 e. The van der Waals surface area contributed by atoms with Crippen LogP contribution in [0.25, 0.3) is 0 Å². The minimum absolute atomic E-state index is 0.407. The van der Waals surface area contributed by atoms with Crippen molar-refractivity contribution in [2.75, 3.05) is 0 Å². The van der Waals surface area contributed by atoms with Gasteiger partial charge in [0.1, 0.15) is 0 Å². The minimum Gasteiger partial charge on any atom is -0.479 e. The van der Waals surface area contributed by atoms with E-state index in [2.05, 4.69) is 0 Å². The SMILES string of the molecule is CC(O)C(C)OC(C(=O)O)c1cccc(F)c1F.